The summed E-state index contributed by atoms with van der Waals surface area (Å²) in [6.45, 7) is 4.44. The van der Waals surface area contributed by atoms with E-state index in [4.69, 9.17) is 4.74 Å². The molecule has 2 heterocycles. The van der Waals surface area contributed by atoms with Gasteiger partial charge in [0.25, 0.3) is 0 Å². The number of ether oxygens (including phenoxy) is 1. The van der Waals surface area contributed by atoms with E-state index in [2.05, 4.69) is 29.2 Å². The second-order valence-electron chi connectivity index (χ2n) is 7.21. The molecule has 2 fully saturated rings. The Morgan fingerprint density at radius 3 is 2.76 bits per heavy atom. The number of carbonyl (C=O) groups is 1. The molecule has 0 bridgehead atoms. The summed E-state index contributed by atoms with van der Waals surface area (Å²) in [6, 6.07) is 10.8. The molecule has 1 aromatic carbocycles. The maximum atomic E-state index is 12.8. The van der Waals surface area contributed by atoms with Crippen LogP contribution in [0.25, 0.3) is 6.08 Å². The van der Waals surface area contributed by atoms with Gasteiger partial charge in [-0.2, -0.15) is 0 Å². The fourth-order valence-corrected chi connectivity index (χ4v) is 3.90. The first-order valence-corrected chi connectivity index (χ1v) is 9.52. The predicted molar refractivity (Wildman–Crippen MR) is 101 cm³/mol. The molecular weight excluding hydrogens is 312 g/mol. The number of amides is 1. The van der Waals surface area contributed by atoms with Crippen molar-refractivity contribution >= 4 is 12.0 Å². The van der Waals surface area contributed by atoms with Crippen LogP contribution in [0, 0.1) is 5.92 Å². The molecule has 136 valence electrons. The molecule has 4 heteroatoms. The second-order valence-corrected chi connectivity index (χ2v) is 7.21. The minimum atomic E-state index is 0.145. The van der Waals surface area contributed by atoms with Crippen molar-refractivity contribution in [3.05, 3.63) is 42.0 Å². The molecule has 4 nitrogen and oxygen atoms in total. The highest BCUT2D eigenvalue weighted by Crippen LogP contribution is 2.24. The van der Waals surface area contributed by atoms with Crippen molar-refractivity contribution in [2.75, 3.05) is 39.9 Å². The molecule has 0 radical (unpaired) electrons. The van der Waals surface area contributed by atoms with Gasteiger partial charge in [0.05, 0.1) is 5.92 Å². The van der Waals surface area contributed by atoms with Crippen molar-refractivity contribution in [3.8, 4) is 0 Å². The minimum absolute atomic E-state index is 0.145. The predicted octanol–water partition coefficient (Wildman–Crippen LogP) is 3.05. The number of rotatable bonds is 5. The Hall–Kier alpha value is -1.65. The zero-order valence-corrected chi connectivity index (χ0v) is 15.3. The van der Waals surface area contributed by atoms with Crippen molar-refractivity contribution < 1.29 is 9.53 Å². The normalized spacial score (nSPS) is 23.0. The monoisotopic (exact) mass is 342 g/mol. The molecule has 2 aliphatic heterocycles. The molecular formula is C21H30N2O2. The molecule has 0 spiro atoms. The van der Waals surface area contributed by atoms with Crippen LogP contribution in [0.3, 0.4) is 0 Å². The molecule has 25 heavy (non-hydrogen) atoms. The number of hydrogen-bond acceptors (Lipinski definition) is 3. The first-order chi connectivity index (χ1) is 12.2. The summed E-state index contributed by atoms with van der Waals surface area (Å²) < 4.78 is 5.47. The van der Waals surface area contributed by atoms with Gasteiger partial charge in [0.2, 0.25) is 5.91 Å². The van der Waals surface area contributed by atoms with E-state index in [0.717, 1.165) is 52.0 Å². The quantitative estimate of drug-likeness (QED) is 0.824. The van der Waals surface area contributed by atoms with Crippen molar-refractivity contribution in [1.29, 1.82) is 0 Å². The topological polar surface area (TPSA) is 32.8 Å². The Labute approximate surface area is 151 Å². The first kappa shape index (κ1) is 18.2. The maximum Gasteiger partial charge on any atom is 0.226 e. The zero-order valence-electron chi connectivity index (χ0n) is 15.3. The Morgan fingerprint density at radius 2 is 2.00 bits per heavy atom. The highest BCUT2D eigenvalue weighted by atomic mass is 16.5. The molecule has 1 amide bonds. The zero-order chi connectivity index (χ0) is 17.5. The van der Waals surface area contributed by atoms with Gasteiger partial charge in [-0.25, -0.2) is 0 Å². The van der Waals surface area contributed by atoms with Crippen molar-refractivity contribution in [2.24, 2.45) is 5.92 Å². The van der Waals surface area contributed by atoms with Gasteiger partial charge in [-0.05, 0) is 37.8 Å². The van der Waals surface area contributed by atoms with E-state index >= 15 is 0 Å². The summed E-state index contributed by atoms with van der Waals surface area (Å²) in [6.07, 6.45) is 8.52. The van der Waals surface area contributed by atoms with Gasteiger partial charge >= 0.3 is 0 Å². The number of nitrogens with zero attached hydrogens (tertiary/aromatic N) is 2. The van der Waals surface area contributed by atoms with Crippen LogP contribution in [0.2, 0.25) is 0 Å². The van der Waals surface area contributed by atoms with E-state index in [0.29, 0.717) is 12.6 Å². The van der Waals surface area contributed by atoms with Gasteiger partial charge in [0, 0.05) is 39.4 Å². The van der Waals surface area contributed by atoms with E-state index in [-0.39, 0.29) is 11.8 Å². The van der Waals surface area contributed by atoms with Crippen LogP contribution in [0.5, 0.6) is 0 Å². The SMILES string of the molecule is CN(CC=Cc1ccccc1)C(=O)C1CCCN(C2CCOCC2)C1. The molecule has 1 aromatic rings. The van der Waals surface area contributed by atoms with Gasteiger partial charge in [0.15, 0.2) is 0 Å². The minimum Gasteiger partial charge on any atom is -0.381 e. The lowest BCUT2D eigenvalue weighted by molar-refractivity contribution is -0.136. The lowest BCUT2D eigenvalue weighted by atomic mass is 9.93. The Balaban J connectivity index is 1.49. The van der Waals surface area contributed by atoms with E-state index in [1.165, 1.54) is 5.56 Å². The largest absolute Gasteiger partial charge is 0.381 e. The average molecular weight is 342 g/mol. The summed E-state index contributed by atoms with van der Waals surface area (Å²) >= 11 is 0. The van der Waals surface area contributed by atoms with Crippen LogP contribution in [0.15, 0.2) is 36.4 Å². The number of likely N-dealkylation sites (tertiary alicyclic amines) is 1. The number of carbonyl (C=O) groups excluding carboxylic acids is 1. The van der Waals surface area contributed by atoms with Gasteiger partial charge in [0.1, 0.15) is 0 Å². The maximum absolute atomic E-state index is 12.8. The Bertz CT molecular complexity index is 567. The van der Waals surface area contributed by atoms with Crippen molar-refractivity contribution in [1.82, 2.24) is 9.80 Å². The summed E-state index contributed by atoms with van der Waals surface area (Å²) in [7, 11) is 1.92. The van der Waals surface area contributed by atoms with Gasteiger partial charge in [-0.3, -0.25) is 9.69 Å². The highest BCUT2D eigenvalue weighted by Gasteiger charge is 2.31. The number of likely N-dealkylation sites (N-methyl/N-ethyl adjacent to an activating group) is 1. The summed E-state index contributed by atoms with van der Waals surface area (Å²) in [5.41, 5.74) is 1.17. The average Bonchev–Trinajstić information content (AvgIpc) is 2.69. The fourth-order valence-electron chi connectivity index (χ4n) is 3.90. The molecule has 1 atom stereocenters. The first-order valence-electron chi connectivity index (χ1n) is 9.52. The second kappa shape index (κ2) is 9.16. The highest BCUT2D eigenvalue weighted by molar-refractivity contribution is 5.79. The summed E-state index contributed by atoms with van der Waals surface area (Å²) in [5, 5.41) is 0. The van der Waals surface area contributed by atoms with Gasteiger partial charge in [-0.15, -0.1) is 0 Å². The lowest BCUT2D eigenvalue weighted by Crippen LogP contribution is -2.49. The third kappa shape index (κ3) is 5.16. The fraction of sp³-hybridized carbons (Fsp3) is 0.571. The smallest absolute Gasteiger partial charge is 0.226 e. The van der Waals surface area contributed by atoms with Crippen LogP contribution < -0.4 is 0 Å². The molecule has 2 saturated heterocycles. The number of benzene rings is 1. The van der Waals surface area contributed by atoms with Crippen LogP contribution >= 0.6 is 0 Å². The molecule has 2 aliphatic rings. The van der Waals surface area contributed by atoms with Crippen molar-refractivity contribution in [2.45, 2.75) is 31.7 Å². The van der Waals surface area contributed by atoms with E-state index < -0.39 is 0 Å². The molecule has 3 rings (SSSR count). The summed E-state index contributed by atoms with van der Waals surface area (Å²) in [4.78, 5) is 17.2. The van der Waals surface area contributed by atoms with Crippen LogP contribution in [-0.2, 0) is 9.53 Å². The molecule has 0 aliphatic carbocycles. The Kier molecular flexibility index (Phi) is 6.65. The van der Waals surface area contributed by atoms with Crippen molar-refractivity contribution in [3.63, 3.8) is 0 Å². The van der Waals surface area contributed by atoms with Crippen LogP contribution in [0.4, 0.5) is 0 Å². The van der Waals surface area contributed by atoms with E-state index in [1.807, 2.05) is 30.1 Å². The van der Waals surface area contributed by atoms with Gasteiger partial charge in [-0.1, -0.05) is 42.5 Å². The Morgan fingerprint density at radius 1 is 1.24 bits per heavy atom. The third-order valence-corrected chi connectivity index (χ3v) is 5.37. The molecule has 0 saturated carbocycles. The van der Waals surface area contributed by atoms with Crippen LogP contribution in [-0.4, -0.2) is 61.6 Å². The number of piperidine rings is 1. The number of hydrogen-bond donors (Lipinski definition) is 0. The van der Waals surface area contributed by atoms with E-state index in [1.54, 1.807) is 0 Å². The summed E-state index contributed by atoms with van der Waals surface area (Å²) in [5.74, 6) is 0.432. The molecule has 0 aromatic heterocycles. The lowest BCUT2D eigenvalue weighted by Gasteiger charge is -2.40. The molecule has 0 N–H and O–H groups in total. The van der Waals surface area contributed by atoms with E-state index in [9.17, 15) is 4.79 Å². The molecule has 1 unspecified atom stereocenters. The van der Waals surface area contributed by atoms with Gasteiger partial charge < -0.3 is 9.64 Å². The third-order valence-electron chi connectivity index (χ3n) is 5.37. The van der Waals surface area contributed by atoms with Crippen LogP contribution in [0.1, 0.15) is 31.2 Å². The standard InChI is InChI=1S/C21H30N2O2/c1-22(13-5-9-18-7-3-2-4-8-18)21(24)19-10-6-14-23(17-19)20-11-15-25-16-12-20/h2-5,7-9,19-20H,6,10-17H2,1H3.